The molecule has 0 radical (unpaired) electrons. The fourth-order valence-corrected chi connectivity index (χ4v) is 7.08. The van der Waals surface area contributed by atoms with Crippen LogP contribution in [0.3, 0.4) is 0 Å². The van der Waals surface area contributed by atoms with Gasteiger partial charge in [0.15, 0.2) is 0 Å². The van der Waals surface area contributed by atoms with Crippen LogP contribution in [0.5, 0.6) is 0 Å². The first kappa shape index (κ1) is 24.8. The maximum absolute atomic E-state index is 13.9. The third kappa shape index (κ3) is 4.05. The Balaban J connectivity index is 1.48. The average Bonchev–Trinajstić information content (AvgIpc) is 3.74. The van der Waals surface area contributed by atoms with E-state index < -0.39 is 0 Å². The number of anilines is 1. The zero-order chi connectivity index (χ0) is 27.4. The summed E-state index contributed by atoms with van der Waals surface area (Å²) >= 11 is 1.60. The summed E-state index contributed by atoms with van der Waals surface area (Å²) in [4.78, 5) is 26.5. The third-order valence-electron chi connectivity index (χ3n) is 7.67. The van der Waals surface area contributed by atoms with Gasteiger partial charge in [0.2, 0.25) is 11.8 Å². The van der Waals surface area contributed by atoms with Crippen molar-refractivity contribution >= 4 is 33.1 Å². The van der Waals surface area contributed by atoms with Crippen molar-refractivity contribution in [2.75, 3.05) is 18.4 Å². The van der Waals surface area contributed by atoms with Crippen LogP contribution in [0, 0.1) is 12.7 Å². The normalized spacial score (nSPS) is 16.1. The smallest absolute Gasteiger partial charge is 0.257 e. The molecule has 6 heterocycles. The summed E-state index contributed by atoms with van der Waals surface area (Å²) in [6.45, 7) is 5.27. The van der Waals surface area contributed by atoms with E-state index >= 15 is 0 Å². The molecule has 7 rings (SSSR count). The van der Waals surface area contributed by atoms with Crippen LogP contribution in [0.15, 0.2) is 47.0 Å². The second kappa shape index (κ2) is 9.78. The largest absolute Gasteiger partial charge is 0.421 e. The van der Waals surface area contributed by atoms with Gasteiger partial charge in [-0.2, -0.15) is 0 Å². The van der Waals surface area contributed by atoms with Gasteiger partial charge in [0.25, 0.3) is 5.91 Å². The van der Waals surface area contributed by atoms with Crippen LogP contribution < -0.4 is 5.32 Å². The number of hydrogen-bond donors (Lipinski definition) is 1. The number of amides is 1. The Morgan fingerprint density at radius 1 is 1.12 bits per heavy atom. The minimum Gasteiger partial charge on any atom is -0.421 e. The predicted octanol–water partition coefficient (Wildman–Crippen LogP) is 6.36. The van der Waals surface area contributed by atoms with E-state index in [0.717, 1.165) is 69.2 Å². The van der Waals surface area contributed by atoms with Crippen LogP contribution in [0.4, 0.5) is 10.2 Å². The fourth-order valence-electron chi connectivity index (χ4n) is 5.90. The molecule has 1 atom stereocenters. The van der Waals surface area contributed by atoms with Crippen molar-refractivity contribution in [3.8, 4) is 21.9 Å². The highest BCUT2D eigenvalue weighted by atomic mass is 32.1. The van der Waals surface area contributed by atoms with E-state index in [9.17, 15) is 9.18 Å². The van der Waals surface area contributed by atoms with E-state index in [1.807, 2.05) is 17.9 Å². The summed E-state index contributed by atoms with van der Waals surface area (Å²) in [7, 11) is 0. The molecule has 1 fully saturated rings. The number of aromatic nitrogens is 4. The quantitative estimate of drug-likeness (QED) is 0.250. The second-order valence-corrected chi connectivity index (χ2v) is 11.2. The molecule has 5 aromatic rings. The number of benzene rings is 1. The lowest BCUT2D eigenvalue weighted by Crippen LogP contribution is -2.22. The van der Waals surface area contributed by atoms with Crippen LogP contribution in [0.2, 0.25) is 0 Å². The predicted molar refractivity (Wildman–Crippen MR) is 152 cm³/mol. The molecule has 202 valence electrons. The Morgan fingerprint density at radius 3 is 2.75 bits per heavy atom. The van der Waals surface area contributed by atoms with Crippen LogP contribution >= 0.6 is 11.3 Å². The molecule has 0 bridgehead atoms. The van der Waals surface area contributed by atoms with Crippen molar-refractivity contribution in [2.24, 2.45) is 0 Å². The number of nitrogens with one attached hydrogen (secondary N) is 1. The Hall–Kier alpha value is -4.18. The van der Waals surface area contributed by atoms with Gasteiger partial charge >= 0.3 is 0 Å². The molecule has 1 amide bonds. The van der Waals surface area contributed by atoms with E-state index in [-0.39, 0.29) is 17.8 Å². The maximum atomic E-state index is 13.9. The minimum atomic E-state index is -0.264. The van der Waals surface area contributed by atoms with Crippen LogP contribution in [-0.4, -0.2) is 44.1 Å². The lowest BCUT2D eigenvalue weighted by Gasteiger charge is -2.16. The van der Waals surface area contributed by atoms with Crippen molar-refractivity contribution in [3.63, 3.8) is 0 Å². The molecule has 1 saturated heterocycles. The number of halogens is 1. The van der Waals surface area contributed by atoms with Crippen LogP contribution in [0.25, 0.3) is 32.0 Å². The summed E-state index contributed by atoms with van der Waals surface area (Å²) in [5.41, 5.74) is 4.75. The first-order valence-corrected chi connectivity index (χ1v) is 14.4. The molecule has 40 heavy (non-hydrogen) atoms. The van der Waals surface area contributed by atoms with Gasteiger partial charge in [0.05, 0.1) is 33.3 Å². The number of thiophene rings is 1. The van der Waals surface area contributed by atoms with Crippen molar-refractivity contribution in [1.82, 2.24) is 25.1 Å². The highest BCUT2D eigenvalue weighted by Gasteiger charge is 2.44. The Labute approximate surface area is 234 Å². The van der Waals surface area contributed by atoms with Crippen molar-refractivity contribution < 1.29 is 13.6 Å². The molecule has 0 aliphatic carbocycles. The molecular weight excluding hydrogens is 527 g/mol. The van der Waals surface area contributed by atoms with Gasteiger partial charge in [0.1, 0.15) is 11.6 Å². The van der Waals surface area contributed by atoms with Gasteiger partial charge in [-0.3, -0.25) is 9.78 Å². The van der Waals surface area contributed by atoms with Gasteiger partial charge in [0, 0.05) is 36.7 Å². The van der Waals surface area contributed by atoms with Crippen molar-refractivity contribution in [3.05, 3.63) is 76.8 Å². The summed E-state index contributed by atoms with van der Waals surface area (Å²) in [6, 6.07) is 10.6. The average molecular weight is 555 g/mol. The molecule has 8 nitrogen and oxygen atoms in total. The molecule has 0 spiro atoms. The van der Waals surface area contributed by atoms with E-state index in [1.165, 1.54) is 12.1 Å². The summed E-state index contributed by atoms with van der Waals surface area (Å²) < 4.78 is 20.6. The van der Waals surface area contributed by atoms with Gasteiger partial charge in [-0.1, -0.05) is 12.1 Å². The standard InChI is InChI=1S/C30H27FN6O2S/c1-3-32-28-27-18(12-13-33-28)15-22(40-27)24-23(29-36-35-16(2)39-29)20(11-8-17-6-9-19(31)10-7-17)34-26-21-5-4-14-37(21)30(38)25(24)26/h6-7,9-10,12-13,15,21H,3-5,8,11,14H2,1-2H3,(H,32,33). The highest BCUT2D eigenvalue weighted by Crippen LogP contribution is 2.50. The van der Waals surface area contributed by atoms with E-state index in [1.54, 1.807) is 36.6 Å². The maximum Gasteiger partial charge on any atom is 0.257 e. The molecule has 10 heteroatoms. The molecule has 2 aliphatic rings. The first-order valence-electron chi connectivity index (χ1n) is 13.6. The molecule has 1 unspecified atom stereocenters. The van der Waals surface area contributed by atoms with E-state index in [0.29, 0.717) is 35.7 Å². The van der Waals surface area contributed by atoms with Gasteiger partial charge in [-0.05, 0) is 67.8 Å². The van der Waals surface area contributed by atoms with Gasteiger partial charge in [-0.15, -0.1) is 21.5 Å². The number of nitrogens with zero attached hydrogens (tertiary/aromatic N) is 5. The number of aryl methyl sites for hydroxylation is 3. The molecule has 1 aromatic carbocycles. The van der Waals surface area contributed by atoms with Gasteiger partial charge in [-0.25, -0.2) is 9.37 Å². The first-order chi connectivity index (χ1) is 19.5. The number of hydrogen-bond acceptors (Lipinski definition) is 8. The lowest BCUT2D eigenvalue weighted by molar-refractivity contribution is 0.0776. The number of carbonyl (C=O) groups excluding carboxylic acids is 1. The van der Waals surface area contributed by atoms with E-state index in [2.05, 4.69) is 26.6 Å². The zero-order valence-corrected chi connectivity index (χ0v) is 23.0. The minimum absolute atomic E-state index is 0.00468. The van der Waals surface area contributed by atoms with Crippen LogP contribution in [0.1, 0.15) is 59.0 Å². The SMILES string of the molecule is CCNc1nccc2cc(-c3c4c(nc(CCc5ccc(F)cc5)c3-c3nnc(C)o3)C3CCCN3C4=O)sc12. The summed E-state index contributed by atoms with van der Waals surface area (Å²) in [5, 5.41) is 12.9. The van der Waals surface area contributed by atoms with Crippen molar-refractivity contribution in [2.45, 2.75) is 45.6 Å². The Morgan fingerprint density at radius 2 is 1.98 bits per heavy atom. The lowest BCUT2D eigenvalue weighted by atomic mass is 9.93. The fraction of sp³-hybridized carbons (Fsp3) is 0.300. The molecule has 4 aromatic heterocycles. The van der Waals surface area contributed by atoms with Gasteiger partial charge < -0.3 is 14.6 Å². The third-order valence-corrected chi connectivity index (χ3v) is 8.85. The molecule has 0 saturated carbocycles. The zero-order valence-electron chi connectivity index (χ0n) is 22.2. The summed E-state index contributed by atoms with van der Waals surface area (Å²) in [5.74, 6) is 1.34. The second-order valence-electron chi connectivity index (χ2n) is 10.2. The number of fused-ring (bicyclic) bond motifs is 4. The highest BCUT2D eigenvalue weighted by molar-refractivity contribution is 7.23. The Bertz CT molecular complexity index is 1760. The van der Waals surface area contributed by atoms with Crippen molar-refractivity contribution in [1.29, 1.82) is 0 Å². The number of pyridine rings is 2. The number of rotatable bonds is 7. The molecule has 2 aliphatic heterocycles. The topological polar surface area (TPSA) is 97.0 Å². The van der Waals surface area contributed by atoms with Crippen LogP contribution in [-0.2, 0) is 12.8 Å². The Kier molecular flexibility index (Phi) is 6.07. The molecule has 1 N–H and O–H groups in total. The number of carbonyl (C=O) groups is 1. The van der Waals surface area contributed by atoms with E-state index in [4.69, 9.17) is 9.40 Å². The molecular formula is C30H27FN6O2S. The summed E-state index contributed by atoms with van der Waals surface area (Å²) in [6.07, 6.45) is 4.87. The monoisotopic (exact) mass is 554 g/mol.